The van der Waals surface area contributed by atoms with Gasteiger partial charge in [-0.1, -0.05) is 79.7 Å². The van der Waals surface area contributed by atoms with Crippen molar-refractivity contribution in [3.63, 3.8) is 0 Å². The lowest BCUT2D eigenvalue weighted by atomic mass is 9.87. The van der Waals surface area contributed by atoms with Gasteiger partial charge < -0.3 is 9.47 Å². The number of Topliss-reactive ketones (excluding diaryl/α,β-unsaturated/α-hetero) is 2. The molecule has 0 aliphatic rings. The molecule has 34 heavy (non-hydrogen) atoms. The van der Waals surface area contributed by atoms with Crippen LogP contribution in [0.25, 0.3) is 11.1 Å². The Balaban J connectivity index is 1.80. The minimum absolute atomic E-state index is 0.109. The average Bonchev–Trinajstić information content (AvgIpc) is 2.87. The predicted octanol–water partition coefficient (Wildman–Crippen LogP) is 5.45. The van der Waals surface area contributed by atoms with Gasteiger partial charge in [-0.05, 0) is 41.2 Å². The number of ketones is 2. The van der Waals surface area contributed by atoms with Gasteiger partial charge in [-0.2, -0.15) is 0 Å². The van der Waals surface area contributed by atoms with Gasteiger partial charge in [-0.15, -0.1) is 0 Å². The molecule has 0 radical (unpaired) electrons. The number of rotatable bonds is 12. The molecule has 3 aromatic rings. The quantitative estimate of drug-likeness (QED) is 0.266. The van der Waals surface area contributed by atoms with Crippen molar-refractivity contribution in [2.24, 2.45) is 5.92 Å². The highest BCUT2D eigenvalue weighted by atomic mass is 16.5. The smallest absolute Gasteiger partial charge is 0.338 e. The third-order valence-electron chi connectivity index (χ3n) is 5.64. The number of methoxy groups -OCH3 is 1. The first-order valence-corrected chi connectivity index (χ1v) is 11.5. The second kappa shape index (κ2) is 12.6. The molecule has 0 saturated heterocycles. The van der Waals surface area contributed by atoms with Crippen molar-refractivity contribution in [3.05, 3.63) is 95.6 Å². The molecule has 0 aliphatic heterocycles. The van der Waals surface area contributed by atoms with Crippen LogP contribution in [0.1, 0.15) is 41.3 Å². The zero-order chi connectivity index (χ0) is 24.3. The Labute approximate surface area is 200 Å². The Morgan fingerprint density at radius 3 is 2.15 bits per heavy atom. The molecule has 3 aromatic carbocycles. The molecule has 0 fully saturated rings. The van der Waals surface area contributed by atoms with Crippen LogP contribution in [0.3, 0.4) is 0 Å². The van der Waals surface area contributed by atoms with Crippen LogP contribution in [0.2, 0.25) is 0 Å². The van der Waals surface area contributed by atoms with Crippen LogP contribution in [-0.4, -0.2) is 31.3 Å². The number of hydrogen-bond acceptors (Lipinski definition) is 5. The third kappa shape index (κ3) is 6.72. The summed E-state index contributed by atoms with van der Waals surface area (Å²) in [5.74, 6) is -1.64. The van der Waals surface area contributed by atoms with Crippen molar-refractivity contribution in [3.8, 4) is 11.1 Å². The molecule has 1 atom stereocenters. The Morgan fingerprint density at radius 1 is 0.824 bits per heavy atom. The second-order valence-corrected chi connectivity index (χ2v) is 8.16. The van der Waals surface area contributed by atoms with Crippen LogP contribution in [0.4, 0.5) is 0 Å². The van der Waals surface area contributed by atoms with E-state index in [0.717, 1.165) is 22.3 Å². The van der Waals surface area contributed by atoms with Gasteiger partial charge in [0.15, 0.2) is 5.78 Å². The Morgan fingerprint density at radius 2 is 1.50 bits per heavy atom. The van der Waals surface area contributed by atoms with Crippen LogP contribution in [0.5, 0.6) is 0 Å². The summed E-state index contributed by atoms with van der Waals surface area (Å²) in [5.41, 5.74) is 3.72. The van der Waals surface area contributed by atoms with Crippen LogP contribution < -0.4 is 0 Å². The van der Waals surface area contributed by atoms with Crippen LogP contribution >= 0.6 is 0 Å². The van der Waals surface area contributed by atoms with E-state index in [1.165, 1.54) is 7.11 Å². The molecule has 0 N–H and O–H groups in total. The zero-order valence-electron chi connectivity index (χ0n) is 19.7. The summed E-state index contributed by atoms with van der Waals surface area (Å²) in [6.07, 6.45) is 1.19. The summed E-state index contributed by atoms with van der Waals surface area (Å²) in [6.45, 7) is 2.08. The zero-order valence-corrected chi connectivity index (χ0v) is 19.7. The number of ether oxygens (including phenoxy) is 2. The highest BCUT2D eigenvalue weighted by Gasteiger charge is 2.27. The van der Waals surface area contributed by atoms with Crippen LogP contribution in [0, 0.1) is 5.92 Å². The Kier molecular flexibility index (Phi) is 9.30. The second-order valence-electron chi connectivity index (χ2n) is 8.16. The lowest BCUT2D eigenvalue weighted by Crippen LogP contribution is -2.29. The maximum Gasteiger partial charge on any atom is 0.338 e. The molecule has 0 heterocycles. The van der Waals surface area contributed by atoms with Gasteiger partial charge in [0.2, 0.25) is 0 Å². The average molecular weight is 459 g/mol. The molecular weight excluding hydrogens is 428 g/mol. The van der Waals surface area contributed by atoms with Gasteiger partial charge in [0.05, 0.1) is 25.2 Å². The van der Waals surface area contributed by atoms with Gasteiger partial charge in [0.1, 0.15) is 12.4 Å². The van der Waals surface area contributed by atoms with Crippen molar-refractivity contribution in [2.75, 3.05) is 13.7 Å². The SMILES string of the molecule is CCCC(=O)C(Cc1ccc(-c2ccccc2)c(C(=O)OC)c1)C(=O)COCc1ccccc1. The summed E-state index contributed by atoms with van der Waals surface area (Å²) in [7, 11) is 1.34. The van der Waals surface area contributed by atoms with Gasteiger partial charge in [-0.3, -0.25) is 9.59 Å². The lowest BCUT2D eigenvalue weighted by molar-refractivity contribution is -0.135. The van der Waals surface area contributed by atoms with E-state index in [9.17, 15) is 14.4 Å². The minimum atomic E-state index is -0.816. The van der Waals surface area contributed by atoms with Crippen molar-refractivity contribution >= 4 is 17.5 Å². The molecule has 5 nitrogen and oxygen atoms in total. The first kappa shape index (κ1) is 25.1. The Bertz CT molecular complexity index is 1110. The number of benzene rings is 3. The largest absolute Gasteiger partial charge is 0.465 e. The highest BCUT2D eigenvalue weighted by molar-refractivity contribution is 6.03. The molecule has 0 saturated carbocycles. The van der Waals surface area contributed by atoms with Gasteiger partial charge >= 0.3 is 5.97 Å². The maximum atomic E-state index is 13.0. The summed E-state index contributed by atoms with van der Waals surface area (Å²) in [5, 5.41) is 0. The monoisotopic (exact) mass is 458 g/mol. The molecule has 0 spiro atoms. The topological polar surface area (TPSA) is 69.7 Å². The van der Waals surface area contributed by atoms with Crippen molar-refractivity contribution in [1.29, 1.82) is 0 Å². The molecule has 0 amide bonds. The first-order valence-electron chi connectivity index (χ1n) is 11.5. The van der Waals surface area contributed by atoms with Crippen molar-refractivity contribution in [1.82, 2.24) is 0 Å². The molecule has 0 bridgehead atoms. The van der Waals surface area contributed by atoms with E-state index in [-0.39, 0.29) is 24.6 Å². The van der Waals surface area contributed by atoms with Crippen LogP contribution in [0.15, 0.2) is 78.9 Å². The van der Waals surface area contributed by atoms with Gasteiger partial charge in [0, 0.05) is 6.42 Å². The minimum Gasteiger partial charge on any atom is -0.465 e. The fourth-order valence-electron chi connectivity index (χ4n) is 3.87. The molecule has 3 rings (SSSR count). The molecular formula is C29H30O5. The number of esters is 1. The van der Waals surface area contributed by atoms with E-state index in [4.69, 9.17) is 9.47 Å². The third-order valence-corrected chi connectivity index (χ3v) is 5.64. The van der Waals surface area contributed by atoms with E-state index in [2.05, 4.69) is 0 Å². The lowest BCUT2D eigenvalue weighted by Gasteiger charge is -2.17. The van der Waals surface area contributed by atoms with Crippen LogP contribution in [-0.2, 0) is 32.1 Å². The summed E-state index contributed by atoms with van der Waals surface area (Å²) in [4.78, 5) is 38.3. The summed E-state index contributed by atoms with van der Waals surface area (Å²) < 4.78 is 10.6. The van der Waals surface area contributed by atoms with Crippen molar-refractivity contribution < 1.29 is 23.9 Å². The van der Waals surface area contributed by atoms with Gasteiger partial charge in [-0.25, -0.2) is 4.79 Å². The molecule has 0 aromatic heterocycles. The molecule has 1 unspecified atom stereocenters. The molecule has 176 valence electrons. The van der Waals surface area contributed by atoms with E-state index in [1.807, 2.05) is 79.7 Å². The number of carbonyl (C=O) groups excluding carboxylic acids is 3. The first-order chi connectivity index (χ1) is 16.5. The fourth-order valence-corrected chi connectivity index (χ4v) is 3.87. The highest BCUT2D eigenvalue weighted by Crippen LogP contribution is 2.27. The number of carbonyl (C=O) groups is 3. The molecule has 0 aliphatic carbocycles. The van der Waals surface area contributed by atoms with E-state index < -0.39 is 11.9 Å². The van der Waals surface area contributed by atoms with Crippen molar-refractivity contribution in [2.45, 2.75) is 32.8 Å². The Hall–Kier alpha value is -3.57. The van der Waals surface area contributed by atoms with E-state index in [0.29, 0.717) is 25.0 Å². The maximum absolute atomic E-state index is 13.0. The standard InChI is InChI=1S/C29H30O5/c1-3-10-27(30)26(28(31)20-34-19-21-11-6-4-7-12-21)18-22-15-16-24(23-13-8-5-9-14-23)25(17-22)29(32)33-2/h4-9,11-17,26H,3,10,18-20H2,1-2H3. The fraction of sp³-hybridized carbons (Fsp3) is 0.276. The predicted molar refractivity (Wildman–Crippen MR) is 131 cm³/mol. The van der Waals surface area contributed by atoms with E-state index >= 15 is 0 Å². The summed E-state index contributed by atoms with van der Waals surface area (Å²) >= 11 is 0. The molecule has 5 heteroatoms. The number of hydrogen-bond donors (Lipinski definition) is 0. The van der Waals surface area contributed by atoms with E-state index in [1.54, 1.807) is 6.07 Å². The van der Waals surface area contributed by atoms with Gasteiger partial charge in [0.25, 0.3) is 0 Å². The summed E-state index contributed by atoms with van der Waals surface area (Å²) in [6, 6.07) is 24.6. The normalized spacial score (nSPS) is 11.6.